The Morgan fingerprint density at radius 1 is 1.44 bits per heavy atom. The van der Waals surface area contributed by atoms with Gasteiger partial charge in [0.2, 0.25) is 5.91 Å². The van der Waals surface area contributed by atoms with Gasteiger partial charge in [-0.15, -0.1) is 0 Å². The SMILES string of the molecule is CC[C@H](C)[C@H](N)C(=O)Nc1ccc(Br)c(Cl)c1Cl. The molecule has 0 bridgehead atoms. The molecule has 0 aliphatic heterocycles. The zero-order valence-electron chi connectivity index (χ0n) is 10.1. The van der Waals surface area contributed by atoms with Gasteiger partial charge in [0, 0.05) is 4.47 Å². The van der Waals surface area contributed by atoms with Crippen molar-refractivity contribution >= 4 is 50.7 Å². The maximum atomic E-state index is 11.9. The van der Waals surface area contributed by atoms with Crippen molar-refractivity contribution in [2.24, 2.45) is 11.7 Å². The summed E-state index contributed by atoms with van der Waals surface area (Å²) in [6.45, 7) is 3.92. The van der Waals surface area contributed by atoms with Crippen LogP contribution in [-0.4, -0.2) is 11.9 Å². The second-order valence-electron chi connectivity index (χ2n) is 4.12. The van der Waals surface area contributed by atoms with E-state index in [2.05, 4.69) is 21.2 Å². The molecule has 0 heterocycles. The molecule has 100 valence electrons. The Balaban J connectivity index is 2.86. The van der Waals surface area contributed by atoms with Crippen LogP contribution in [-0.2, 0) is 4.79 Å². The topological polar surface area (TPSA) is 55.1 Å². The molecular weight excluding hydrogens is 339 g/mol. The lowest BCUT2D eigenvalue weighted by Crippen LogP contribution is -2.40. The molecule has 0 saturated carbocycles. The molecule has 6 heteroatoms. The van der Waals surface area contributed by atoms with Crippen LogP contribution in [0.5, 0.6) is 0 Å². The van der Waals surface area contributed by atoms with E-state index in [0.717, 1.165) is 6.42 Å². The van der Waals surface area contributed by atoms with Crippen LogP contribution in [0.1, 0.15) is 20.3 Å². The molecule has 3 nitrogen and oxygen atoms in total. The van der Waals surface area contributed by atoms with Crippen molar-refractivity contribution in [3.05, 3.63) is 26.7 Å². The molecule has 0 aromatic heterocycles. The highest BCUT2D eigenvalue weighted by Gasteiger charge is 2.20. The summed E-state index contributed by atoms with van der Waals surface area (Å²) >= 11 is 15.3. The van der Waals surface area contributed by atoms with Gasteiger partial charge in [-0.3, -0.25) is 4.79 Å². The maximum absolute atomic E-state index is 11.9. The quantitative estimate of drug-likeness (QED) is 0.801. The molecule has 3 N–H and O–H groups in total. The monoisotopic (exact) mass is 352 g/mol. The third-order valence-corrected chi connectivity index (χ3v) is 4.62. The van der Waals surface area contributed by atoms with Crippen LogP contribution in [0.4, 0.5) is 5.69 Å². The predicted octanol–water partition coefficient (Wildman–Crippen LogP) is 4.07. The molecule has 1 rings (SSSR count). The minimum atomic E-state index is -0.562. The van der Waals surface area contributed by atoms with Gasteiger partial charge in [0.1, 0.15) is 0 Å². The van der Waals surface area contributed by atoms with Gasteiger partial charge in [0.05, 0.1) is 21.8 Å². The van der Waals surface area contributed by atoms with Gasteiger partial charge in [-0.2, -0.15) is 0 Å². The van der Waals surface area contributed by atoms with Crippen LogP contribution in [0.25, 0.3) is 0 Å². The van der Waals surface area contributed by atoms with Crippen LogP contribution in [0.2, 0.25) is 10.0 Å². The van der Waals surface area contributed by atoms with E-state index in [1.54, 1.807) is 12.1 Å². The summed E-state index contributed by atoms with van der Waals surface area (Å²) in [7, 11) is 0. The fraction of sp³-hybridized carbons (Fsp3) is 0.417. The van der Waals surface area contributed by atoms with Gasteiger partial charge in [-0.25, -0.2) is 0 Å². The van der Waals surface area contributed by atoms with Crippen LogP contribution in [0, 0.1) is 5.92 Å². The molecule has 1 aromatic rings. The largest absolute Gasteiger partial charge is 0.323 e. The summed E-state index contributed by atoms with van der Waals surface area (Å²) in [6.07, 6.45) is 0.837. The van der Waals surface area contributed by atoms with Gasteiger partial charge in [0.25, 0.3) is 0 Å². The van der Waals surface area contributed by atoms with Crippen molar-refractivity contribution < 1.29 is 4.79 Å². The number of amides is 1. The summed E-state index contributed by atoms with van der Waals surface area (Å²) in [6, 6.07) is 2.84. The molecular formula is C12H15BrCl2N2O. The van der Waals surface area contributed by atoms with E-state index in [4.69, 9.17) is 28.9 Å². The van der Waals surface area contributed by atoms with Crippen LogP contribution >= 0.6 is 39.1 Å². The Hall–Kier alpha value is -0.290. The Bertz CT molecular complexity index is 454. The van der Waals surface area contributed by atoms with Crippen molar-refractivity contribution in [3.63, 3.8) is 0 Å². The molecule has 0 aliphatic rings. The van der Waals surface area contributed by atoms with Crippen LogP contribution in [0.15, 0.2) is 16.6 Å². The molecule has 0 saturated heterocycles. The standard InChI is InChI=1S/C12H15BrCl2N2O/c1-3-6(2)11(16)12(18)17-8-5-4-7(13)9(14)10(8)15/h4-6,11H,3,16H2,1-2H3,(H,17,18)/t6-,11-/m0/s1. The van der Waals surface area contributed by atoms with E-state index in [0.29, 0.717) is 20.2 Å². The highest BCUT2D eigenvalue weighted by Crippen LogP contribution is 2.35. The number of hydrogen-bond donors (Lipinski definition) is 2. The van der Waals surface area contributed by atoms with Gasteiger partial charge >= 0.3 is 0 Å². The molecule has 1 amide bonds. The van der Waals surface area contributed by atoms with Gasteiger partial charge in [-0.05, 0) is 34.0 Å². The molecule has 1 aromatic carbocycles. The van der Waals surface area contributed by atoms with E-state index >= 15 is 0 Å². The van der Waals surface area contributed by atoms with Crippen LogP contribution < -0.4 is 11.1 Å². The lowest BCUT2D eigenvalue weighted by molar-refractivity contribution is -0.118. The van der Waals surface area contributed by atoms with Crippen LogP contribution in [0.3, 0.4) is 0 Å². The number of anilines is 1. The van der Waals surface area contributed by atoms with E-state index in [1.165, 1.54) is 0 Å². The number of nitrogens with one attached hydrogen (secondary N) is 1. The first-order chi connectivity index (χ1) is 8.38. The van der Waals surface area contributed by atoms with Gasteiger partial charge in [0.15, 0.2) is 0 Å². The first-order valence-electron chi connectivity index (χ1n) is 5.58. The molecule has 0 spiro atoms. The van der Waals surface area contributed by atoms with Crippen molar-refractivity contribution in [3.8, 4) is 0 Å². The van der Waals surface area contributed by atoms with Crippen molar-refractivity contribution in [1.29, 1.82) is 0 Å². The Kier molecular flexibility index (Phi) is 5.92. The van der Waals surface area contributed by atoms with Crippen molar-refractivity contribution in [2.75, 3.05) is 5.32 Å². The number of nitrogens with two attached hydrogens (primary N) is 1. The lowest BCUT2D eigenvalue weighted by atomic mass is 9.99. The minimum Gasteiger partial charge on any atom is -0.323 e. The summed E-state index contributed by atoms with van der Waals surface area (Å²) in [5.41, 5.74) is 6.31. The van der Waals surface area contributed by atoms with E-state index in [9.17, 15) is 4.79 Å². The zero-order chi connectivity index (χ0) is 13.9. The lowest BCUT2D eigenvalue weighted by Gasteiger charge is -2.18. The maximum Gasteiger partial charge on any atom is 0.241 e. The molecule has 0 radical (unpaired) electrons. The summed E-state index contributed by atoms with van der Waals surface area (Å²) < 4.78 is 0.679. The molecule has 18 heavy (non-hydrogen) atoms. The van der Waals surface area contributed by atoms with Gasteiger partial charge < -0.3 is 11.1 Å². The van der Waals surface area contributed by atoms with E-state index < -0.39 is 6.04 Å². The third-order valence-electron chi connectivity index (χ3n) is 2.85. The van der Waals surface area contributed by atoms with Crippen molar-refractivity contribution in [2.45, 2.75) is 26.3 Å². The summed E-state index contributed by atoms with van der Waals surface area (Å²) in [4.78, 5) is 11.9. The van der Waals surface area contributed by atoms with Gasteiger partial charge in [-0.1, -0.05) is 43.5 Å². The average molecular weight is 354 g/mol. The first kappa shape index (κ1) is 15.8. The second-order valence-corrected chi connectivity index (χ2v) is 5.73. The highest BCUT2D eigenvalue weighted by atomic mass is 79.9. The summed E-state index contributed by atoms with van der Waals surface area (Å²) in [5, 5.41) is 3.36. The Morgan fingerprint density at radius 3 is 2.61 bits per heavy atom. The fourth-order valence-electron chi connectivity index (χ4n) is 1.35. The molecule has 0 aliphatic carbocycles. The fourth-order valence-corrected chi connectivity index (χ4v) is 2.17. The van der Waals surface area contributed by atoms with E-state index in [-0.39, 0.29) is 11.8 Å². The zero-order valence-corrected chi connectivity index (χ0v) is 13.2. The highest BCUT2D eigenvalue weighted by molar-refractivity contribution is 9.10. The third kappa shape index (κ3) is 3.60. The van der Waals surface area contributed by atoms with E-state index in [1.807, 2.05) is 13.8 Å². The summed E-state index contributed by atoms with van der Waals surface area (Å²) in [5.74, 6) is -0.153. The minimum absolute atomic E-state index is 0.106. The molecule has 0 unspecified atom stereocenters. The number of hydrogen-bond acceptors (Lipinski definition) is 2. The Morgan fingerprint density at radius 2 is 2.06 bits per heavy atom. The number of halogens is 3. The smallest absolute Gasteiger partial charge is 0.241 e. The van der Waals surface area contributed by atoms with Crippen molar-refractivity contribution in [1.82, 2.24) is 0 Å². The molecule has 2 atom stereocenters. The average Bonchev–Trinajstić information content (AvgIpc) is 2.37. The second kappa shape index (κ2) is 6.75. The number of rotatable bonds is 4. The Labute approximate surface area is 125 Å². The predicted molar refractivity (Wildman–Crippen MR) is 80.2 cm³/mol. The first-order valence-corrected chi connectivity index (χ1v) is 7.13. The number of benzene rings is 1. The normalized spacial score (nSPS) is 14.1. The molecule has 0 fully saturated rings. The number of carbonyl (C=O) groups is 1. The number of carbonyl (C=O) groups excluding carboxylic acids is 1.